The van der Waals surface area contributed by atoms with Crippen LogP contribution < -0.4 is 4.90 Å². The first kappa shape index (κ1) is 13.5. The van der Waals surface area contributed by atoms with E-state index < -0.39 is 15.2 Å². The Bertz CT molecular complexity index is 705. The number of anilines is 1. The number of rotatable bonds is 0. The summed E-state index contributed by atoms with van der Waals surface area (Å²) in [5, 5.41) is 0. The number of amides is 2. The van der Waals surface area contributed by atoms with Gasteiger partial charge in [-0.25, -0.2) is 0 Å². The normalized spacial score (nSPS) is 36.0. The molecule has 0 N–H and O–H groups in total. The van der Waals surface area contributed by atoms with Crippen LogP contribution in [0.1, 0.15) is 26.3 Å². The number of likely N-dealkylation sites (N-methyl/N-ethyl adjacent to an activating group) is 1. The molecule has 5 rings (SSSR count). The van der Waals surface area contributed by atoms with Crippen molar-refractivity contribution < 1.29 is 9.59 Å². The van der Waals surface area contributed by atoms with Crippen molar-refractivity contribution in [2.75, 3.05) is 11.9 Å². The Kier molecular flexibility index (Phi) is 2.32. The van der Waals surface area contributed by atoms with Crippen molar-refractivity contribution in [3.63, 3.8) is 0 Å². The molecule has 2 bridgehead atoms. The fourth-order valence-electron chi connectivity index (χ4n) is 3.63. The molecule has 2 unspecified atom stereocenters. The number of para-hydroxylation sites is 1. The van der Waals surface area contributed by atoms with Crippen LogP contribution in [0.25, 0.3) is 0 Å². The molecular weight excluding hydrogens is 304 g/mol. The van der Waals surface area contributed by atoms with Gasteiger partial charge in [-0.15, -0.1) is 0 Å². The molecule has 3 fully saturated rings. The number of benzene rings is 1. The minimum absolute atomic E-state index is 0.00590. The summed E-state index contributed by atoms with van der Waals surface area (Å²) in [6, 6.07) is 7.88. The fraction of sp³-hybridized carbons (Fsp3) is 0.467. The van der Waals surface area contributed by atoms with Crippen LogP contribution in [0.4, 0.5) is 5.69 Å². The molecule has 4 nitrogen and oxygen atoms in total. The van der Waals surface area contributed by atoms with Crippen LogP contribution in [0.3, 0.4) is 0 Å². The lowest BCUT2D eigenvalue weighted by Crippen LogP contribution is -2.78. The Hall–Kier alpha value is -1.14. The maximum Gasteiger partial charge on any atom is 0.265 e. The topological polar surface area (TPSA) is 40.6 Å². The zero-order valence-corrected chi connectivity index (χ0v) is 14.0. The zero-order chi connectivity index (χ0) is 15.2. The summed E-state index contributed by atoms with van der Waals surface area (Å²) in [5.41, 5.74) is 1.52. The third-order valence-electron chi connectivity index (χ3n) is 5.14. The van der Waals surface area contributed by atoms with Gasteiger partial charge in [0.1, 0.15) is 0 Å². The number of carbonyl (C=O) groups excluding carboxylic acids is 2. The third kappa shape index (κ3) is 1.16. The highest BCUT2D eigenvalue weighted by Crippen LogP contribution is 2.69. The largest absolute Gasteiger partial charge is 0.319 e. The minimum atomic E-state index is -0.870. The van der Waals surface area contributed by atoms with Crippen LogP contribution in [-0.4, -0.2) is 33.5 Å². The summed E-state index contributed by atoms with van der Waals surface area (Å²) in [4.78, 5) is 27.9. The van der Waals surface area contributed by atoms with Gasteiger partial charge in [0.25, 0.3) is 11.8 Å². The molecule has 0 radical (unpaired) electrons. The van der Waals surface area contributed by atoms with E-state index in [-0.39, 0.29) is 11.8 Å². The lowest BCUT2D eigenvalue weighted by molar-refractivity contribution is -0.148. The van der Waals surface area contributed by atoms with Gasteiger partial charge in [-0.2, -0.15) is 0 Å². The molecule has 4 heterocycles. The lowest BCUT2D eigenvalue weighted by Gasteiger charge is -2.59. The maximum atomic E-state index is 13.1. The lowest BCUT2D eigenvalue weighted by atomic mass is 9.78. The van der Waals surface area contributed by atoms with E-state index in [0.29, 0.717) is 0 Å². The Balaban J connectivity index is 2.08. The minimum Gasteiger partial charge on any atom is -0.319 e. The van der Waals surface area contributed by atoms with E-state index in [2.05, 4.69) is 13.8 Å². The molecule has 1 aromatic carbocycles. The van der Waals surface area contributed by atoms with Gasteiger partial charge in [0.15, 0.2) is 9.74 Å². The van der Waals surface area contributed by atoms with Crippen molar-refractivity contribution in [3.05, 3.63) is 29.8 Å². The molecule has 21 heavy (non-hydrogen) atoms. The second kappa shape index (κ2) is 3.60. The van der Waals surface area contributed by atoms with Crippen LogP contribution in [0, 0.1) is 0 Å². The third-order valence-corrected chi connectivity index (χ3v) is 9.05. The van der Waals surface area contributed by atoms with Crippen LogP contribution in [0.5, 0.6) is 0 Å². The number of fused-ring (bicyclic) bond motifs is 3. The van der Waals surface area contributed by atoms with Crippen molar-refractivity contribution in [2.24, 2.45) is 0 Å². The SMILES string of the molecule is CN1C(=O)C23SSC1(C)C(=O)N2c1ccccc1C3(C)C. The molecule has 2 amide bonds. The molecule has 4 aliphatic heterocycles. The van der Waals surface area contributed by atoms with Gasteiger partial charge in [-0.05, 0) is 18.6 Å². The molecule has 2 atom stereocenters. The highest BCUT2D eigenvalue weighted by atomic mass is 33.1. The van der Waals surface area contributed by atoms with Crippen molar-refractivity contribution in [2.45, 2.75) is 35.9 Å². The number of hydrogen-bond acceptors (Lipinski definition) is 4. The van der Waals surface area contributed by atoms with Gasteiger partial charge in [0.2, 0.25) is 0 Å². The van der Waals surface area contributed by atoms with Crippen molar-refractivity contribution in [1.82, 2.24) is 4.90 Å². The number of hydrogen-bond donors (Lipinski definition) is 0. The standard InChI is InChI=1S/C15H16N2O2S2/c1-13(2)9-7-5-6-8-10(9)17-11(18)14(3)16(4)12(19)15(13,17)21-20-14/h5-8H,1-4H3. The summed E-state index contributed by atoms with van der Waals surface area (Å²) in [5.74, 6) is 0.0286. The number of piperazine rings is 1. The summed E-state index contributed by atoms with van der Waals surface area (Å²) in [6.45, 7) is 5.96. The van der Waals surface area contributed by atoms with Gasteiger partial charge in [0, 0.05) is 18.2 Å². The van der Waals surface area contributed by atoms with Crippen LogP contribution in [0.15, 0.2) is 24.3 Å². The quantitative estimate of drug-likeness (QED) is 0.689. The van der Waals surface area contributed by atoms with Gasteiger partial charge in [-0.3, -0.25) is 14.5 Å². The molecule has 4 aliphatic rings. The van der Waals surface area contributed by atoms with Crippen molar-refractivity contribution in [3.8, 4) is 0 Å². The second-order valence-electron chi connectivity index (χ2n) is 6.44. The monoisotopic (exact) mass is 320 g/mol. The zero-order valence-electron chi connectivity index (χ0n) is 12.3. The Morgan fingerprint density at radius 3 is 2.38 bits per heavy atom. The van der Waals surface area contributed by atoms with Gasteiger partial charge < -0.3 is 4.90 Å². The van der Waals surface area contributed by atoms with Crippen molar-refractivity contribution in [1.29, 1.82) is 0 Å². The van der Waals surface area contributed by atoms with E-state index in [4.69, 9.17) is 0 Å². The maximum absolute atomic E-state index is 13.1. The predicted molar refractivity (Wildman–Crippen MR) is 86.0 cm³/mol. The fourth-order valence-corrected chi connectivity index (χ4v) is 7.51. The first-order chi connectivity index (χ1) is 9.78. The second-order valence-corrected chi connectivity index (χ2v) is 9.16. The predicted octanol–water partition coefficient (Wildman–Crippen LogP) is 2.59. The number of nitrogens with zero attached hydrogens (tertiary/aromatic N) is 2. The molecule has 6 heteroatoms. The van der Waals surface area contributed by atoms with E-state index >= 15 is 0 Å². The van der Waals surface area contributed by atoms with E-state index in [1.165, 1.54) is 21.6 Å². The molecule has 3 saturated heterocycles. The van der Waals surface area contributed by atoms with Crippen LogP contribution >= 0.6 is 21.6 Å². The average molecular weight is 320 g/mol. The first-order valence-electron chi connectivity index (χ1n) is 6.88. The van der Waals surface area contributed by atoms with E-state index in [0.717, 1.165) is 11.3 Å². The summed E-state index contributed by atoms with van der Waals surface area (Å²) >= 11 is 0. The first-order valence-corrected chi connectivity index (χ1v) is 9.03. The summed E-state index contributed by atoms with van der Waals surface area (Å²) in [7, 11) is 4.79. The van der Waals surface area contributed by atoms with E-state index in [1.807, 2.05) is 31.2 Å². The van der Waals surface area contributed by atoms with Crippen LogP contribution in [0.2, 0.25) is 0 Å². The van der Waals surface area contributed by atoms with Gasteiger partial charge in [-0.1, -0.05) is 53.6 Å². The Morgan fingerprint density at radius 1 is 1.00 bits per heavy atom. The molecule has 0 aliphatic carbocycles. The van der Waals surface area contributed by atoms with Crippen molar-refractivity contribution >= 4 is 39.1 Å². The molecule has 0 aromatic heterocycles. The average Bonchev–Trinajstić information content (AvgIpc) is 2.66. The molecule has 1 aromatic rings. The van der Waals surface area contributed by atoms with E-state index in [1.54, 1.807) is 16.8 Å². The highest BCUT2D eigenvalue weighted by molar-refractivity contribution is 8.78. The van der Waals surface area contributed by atoms with Gasteiger partial charge >= 0.3 is 0 Å². The molecule has 0 saturated carbocycles. The van der Waals surface area contributed by atoms with E-state index in [9.17, 15) is 9.59 Å². The van der Waals surface area contributed by atoms with Crippen LogP contribution in [-0.2, 0) is 15.0 Å². The van der Waals surface area contributed by atoms with Gasteiger partial charge in [0.05, 0.1) is 0 Å². The molecule has 110 valence electrons. The summed E-state index contributed by atoms with van der Waals surface area (Å²) in [6.07, 6.45) is 0. The Labute approximate surface area is 131 Å². The number of carbonyl (C=O) groups is 2. The Morgan fingerprint density at radius 2 is 1.67 bits per heavy atom. The summed E-state index contributed by atoms with van der Waals surface area (Å²) < 4.78 is 0. The highest BCUT2D eigenvalue weighted by Gasteiger charge is 2.75. The molecular formula is C15H16N2O2S2. The smallest absolute Gasteiger partial charge is 0.265 e. The molecule has 1 spiro atoms.